The summed E-state index contributed by atoms with van der Waals surface area (Å²) in [7, 11) is 0. The summed E-state index contributed by atoms with van der Waals surface area (Å²) in [5, 5.41) is 9.20. The van der Waals surface area contributed by atoms with Crippen LogP contribution in [-0.4, -0.2) is 11.1 Å². The highest BCUT2D eigenvalue weighted by Gasteiger charge is 2.10. The van der Waals surface area contributed by atoms with Crippen molar-refractivity contribution in [3.63, 3.8) is 0 Å². The highest BCUT2D eigenvalue weighted by molar-refractivity contribution is 6.33. The molecule has 92 valence electrons. The van der Waals surface area contributed by atoms with E-state index in [0.717, 1.165) is 16.7 Å². The molecular formula is C15H13ClO2. The third-order valence-electron chi connectivity index (χ3n) is 2.89. The van der Waals surface area contributed by atoms with Crippen molar-refractivity contribution in [1.82, 2.24) is 0 Å². The minimum atomic E-state index is -1.01. The van der Waals surface area contributed by atoms with Crippen molar-refractivity contribution in [3.05, 3.63) is 58.1 Å². The van der Waals surface area contributed by atoms with Gasteiger partial charge in [-0.05, 0) is 42.7 Å². The Bertz CT molecular complexity index is 618. The molecule has 0 aliphatic heterocycles. The fraction of sp³-hybridized carbons (Fsp3) is 0.133. The monoisotopic (exact) mass is 260 g/mol. The zero-order valence-electron chi connectivity index (χ0n) is 10.2. The Hall–Kier alpha value is -1.80. The van der Waals surface area contributed by atoms with Crippen LogP contribution in [-0.2, 0) is 0 Å². The average Bonchev–Trinajstić information content (AvgIpc) is 2.28. The number of hydrogen-bond donors (Lipinski definition) is 1. The lowest BCUT2D eigenvalue weighted by molar-refractivity contribution is 0.0697. The summed E-state index contributed by atoms with van der Waals surface area (Å²) < 4.78 is 0. The first-order valence-electron chi connectivity index (χ1n) is 5.59. The lowest BCUT2D eigenvalue weighted by atomic mass is 9.98. The molecule has 0 saturated heterocycles. The van der Waals surface area contributed by atoms with E-state index >= 15 is 0 Å². The maximum absolute atomic E-state index is 10.9. The van der Waals surface area contributed by atoms with E-state index in [0.29, 0.717) is 0 Å². The van der Waals surface area contributed by atoms with Crippen LogP contribution < -0.4 is 0 Å². The molecule has 1 N–H and O–H groups in total. The number of benzene rings is 2. The SMILES string of the molecule is Cc1ccc(-c2ccc(C(=O)O)c(Cl)c2)c(C)c1. The molecule has 0 saturated carbocycles. The first-order valence-corrected chi connectivity index (χ1v) is 5.97. The summed E-state index contributed by atoms with van der Waals surface area (Å²) in [6, 6.07) is 11.2. The zero-order valence-corrected chi connectivity index (χ0v) is 11.0. The van der Waals surface area contributed by atoms with E-state index in [1.807, 2.05) is 26.0 Å². The van der Waals surface area contributed by atoms with Crippen LogP contribution in [0.4, 0.5) is 0 Å². The molecule has 0 aliphatic carbocycles. The highest BCUT2D eigenvalue weighted by Crippen LogP contribution is 2.28. The first-order chi connectivity index (χ1) is 8.49. The topological polar surface area (TPSA) is 37.3 Å². The van der Waals surface area contributed by atoms with Gasteiger partial charge in [0.05, 0.1) is 10.6 Å². The summed E-state index contributed by atoms with van der Waals surface area (Å²) in [5.74, 6) is -1.01. The van der Waals surface area contributed by atoms with Crippen molar-refractivity contribution in [2.24, 2.45) is 0 Å². The van der Waals surface area contributed by atoms with Crippen molar-refractivity contribution < 1.29 is 9.90 Å². The number of aromatic carboxylic acids is 1. The molecule has 0 radical (unpaired) electrons. The Morgan fingerprint density at radius 3 is 2.39 bits per heavy atom. The standard InChI is InChI=1S/C15H13ClO2/c1-9-3-5-12(10(2)7-9)11-4-6-13(15(17)18)14(16)8-11/h3-8H,1-2H3,(H,17,18). The Morgan fingerprint density at radius 1 is 1.11 bits per heavy atom. The minimum Gasteiger partial charge on any atom is -0.478 e. The largest absolute Gasteiger partial charge is 0.478 e. The molecule has 18 heavy (non-hydrogen) atoms. The normalized spacial score (nSPS) is 10.4. The van der Waals surface area contributed by atoms with Crippen molar-refractivity contribution >= 4 is 17.6 Å². The van der Waals surface area contributed by atoms with Gasteiger partial charge in [0, 0.05) is 0 Å². The number of hydrogen-bond acceptors (Lipinski definition) is 1. The van der Waals surface area contributed by atoms with Crippen molar-refractivity contribution in [2.45, 2.75) is 13.8 Å². The summed E-state index contributed by atoms with van der Waals surface area (Å²) in [6.45, 7) is 4.07. The van der Waals surface area contributed by atoms with Gasteiger partial charge in [-0.25, -0.2) is 4.79 Å². The average molecular weight is 261 g/mol. The van der Waals surface area contributed by atoms with E-state index in [9.17, 15) is 4.79 Å². The molecule has 0 atom stereocenters. The van der Waals surface area contributed by atoms with Gasteiger partial charge in [0.2, 0.25) is 0 Å². The van der Waals surface area contributed by atoms with Crippen LogP contribution in [0.2, 0.25) is 5.02 Å². The minimum absolute atomic E-state index is 0.130. The first kappa shape index (κ1) is 12.7. The Kier molecular flexibility index (Phi) is 3.39. The van der Waals surface area contributed by atoms with Gasteiger partial charge in [0.1, 0.15) is 0 Å². The quantitative estimate of drug-likeness (QED) is 0.873. The van der Waals surface area contributed by atoms with Crippen molar-refractivity contribution in [1.29, 1.82) is 0 Å². The van der Waals surface area contributed by atoms with Gasteiger partial charge in [-0.15, -0.1) is 0 Å². The van der Waals surface area contributed by atoms with E-state index in [1.165, 1.54) is 5.56 Å². The van der Waals surface area contributed by atoms with E-state index in [1.54, 1.807) is 18.2 Å². The number of carboxylic acids is 1. The molecule has 3 heteroatoms. The molecule has 0 fully saturated rings. The van der Waals surface area contributed by atoms with Crippen LogP contribution in [0.3, 0.4) is 0 Å². The molecule has 0 aliphatic rings. The molecule has 0 aromatic heterocycles. The van der Waals surface area contributed by atoms with Crippen LogP contribution in [0.25, 0.3) is 11.1 Å². The smallest absolute Gasteiger partial charge is 0.337 e. The van der Waals surface area contributed by atoms with E-state index in [4.69, 9.17) is 16.7 Å². The second-order valence-corrected chi connectivity index (χ2v) is 4.73. The number of halogens is 1. The van der Waals surface area contributed by atoms with Gasteiger partial charge in [0.15, 0.2) is 0 Å². The van der Waals surface area contributed by atoms with Crippen LogP contribution in [0.1, 0.15) is 21.5 Å². The van der Waals surface area contributed by atoms with Gasteiger partial charge < -0.3 is 5.11 Å². The lowest BCUT2D eigenvalue weighted by Gasteiger charge is -2.08. The number of carboxylic acid groups (broad SMARTS) is 1. The second-order valence-electron chi connectivity index (χ2n) is 4.32. The zero-order chi connectivity index (χ0) is 13.3. The van der Waals surface area contributed by atoms with E-state index in [-0.39, 0.29) is 10.6 Å². The predicted octanol–water partition coefficient (Wildman–Crippen LogP) is 4.32. The summed E-state index contributed by atoms with van der Waals surface area (Å²) in [5.41, 5.74) is 4.48. The summed E-state index contributed by atoms with van der Waals surface area (Å²) in [4.78, 5) is 10.9. The molecule has 0 spiro atoms. The molecule has 2 rings (SSSR count). The number of rotatable bonds is 2. The molecule has 0 heterocycles. The summed E-state index contributed by atoms with van der Waals surface area (Å²) in [6.07, 6.45) is 0. The van der Waals surface area contributed by atoms with E-state index in [2.05, 4.69) is 6.07 Å². The molecule has 0 unspecified atom stereocenters. The second kappa shape index (κ2) is 4.83. The lowest BCUT2D eigenvalue weighted by Crippen LogP contribution is -1.97. The van der Waals surface area contributed by atoms with Gasteiger partial charge >= 0.3 is 5.97 Å². The maximum Gasteiger partial charge on any atom is 0.337 e. The molecule has 0 amide bonds. The van der Waals surface area contributed by atoms with Crippen LogP contribution in [0.15, 0.2) is 36.4 Å². The molecule has 0 bridgehead atoms. The highest BCUT2D eigenvalue weighted by atomic mass is 35.5. The fourth-order valence-corrected chi connectivity index (χ4v) is 2.25. The van der Waals surface area contributed by atoms with Crippen molar-refractivity contribution in [2.75, 3.05) is 0 Å². The number of aryl methyl sites for hydroxylation is 2. The molecule has 2 nitrogen and oxygen atoms in total. The van der Waals surface area contributed by atoms with Gasteiger partial charge in [-0.1, -0.05) is 41.4 Å². The van der Waals surface area contributed by atoms with Crippen LogP contribution in [0.5, 0.6) is 0 Å². The molecule has 2 aromatic carbocycles. The van der Waals surface area contributed by atoms with E-state index < -0.39 is 5.97 Å². The fourth-order valence-electron chi connectivity index (χ4n) is 1.99. The van der Waals surface area contributed by atoms with Crippen molar-refractivity contribution in [3.8, 4) is 11.1 Å². The number of carbonyl (C=O) groups is 1. The molecule has 2 aromatic rings. The Morgan fingerprint density at radius 2 is 1.83 bits per heavy atom. The van der Waals surface area contributed by atoms with Gasteiger partial charge in [-0.2, -0.15) is 0 Å². The Labute approximate surface area is 111 Å². The van der Waals surface area contributed by atoms with Crippen LogP contribution >= 0.6 is 11.6 Å². The predicted molar refractivity (Wildman–Crippen MR) is 73.3 cm³/mol. The third kappa shape index (κ3) is 2.39. The molecular weight excluding hydrogens is 248 g/mol. The maximum atomic E-state index is 10.9. The summed E-state index contributed by atoms with van der Waals surface area (Å²) >= 11 is 5.98. The Balaban J connectivity index is 2.52. The van der Waals surface area contributed by atoms with Gasteiger partial charge in [0.25, 0.3) is 0 Å². The van der Waals surface area contributed by atoms with Crippen LogP contribution in [0, 0.1) is 13.8 Å². The van der Waals surface area contributed by atoms with Gasteiger partial charge in [-0.3, -0.25) is 0 Å². The third-order valence-corrected chi connectivity index (χ3v) is 3.21.